The number of carbonyl (C=O) groups is 1. The van der Waals surface area contributed by atoms with Gasteiger partial charge in [-0.2, -0.15) is 0 Å². The quantitative estimate of drug-likeness (QED) is 0.572. The maximum Gasteiger partial charge on any atom is 0.302 e. The Balaban J connectivity index is 2.01. The third-order valence-corrected chi connectivity index (χ3v) is 3.43. The number of carbonyl (C=O) groups excluding carboxylic acids is 1. The maximum absolute atomic E-state index is 10.9. The number of nitrogens with zero attached hydrogens (tertiary/aromatic N) is 1. The molecule has 0 saturated carbocycles. The highest BCUT2D eigenvalue weighted by Gasteiger charge is 2.41. The summed E-state index contributed by atoms with van der Waals surface area (Å²) in [5.41, 5.74) is 0. The van der Waals surface area contributed by atoms with Crippen LogP contribution in [0.2, 0.25) is 0 Å². The SMILES string of the molecule is CC(=O)O[C@@H]1CC[C@H]2CC[C@@H]1N2C. The average molecular weight is 183 g/mol. The van der Waals surface area contributed by atoms with E-state index >= 15 is 0 Å². The van der Waals surface area contributed by atoms with Crippen molar-refractivity contribution in [1.82, 2.24) is 4.90 Å². The van der Waals surface area contributed by atoms with Gasteiger partial charge in [-0.25, -0.2) is 0 Å². The molecule has 13 heavy (non-hydrogen) atoms. The van der Waals surface area contributed by atoms with Gasteiger partial charge in [0.15, 0.2) is 0 Å². The molecule has 2 bridgehead atoms. The monoisotopic (exact) mass is 183 g/mol. The highest BCUT2D eigenvalue weighted by molar-refractivity contribution is 5.66. The van der Waals surface area contributed by atoms with Gasteiger partial charge in [0.1, 0.15) is 6.10 Å². The van der Waals surface area contributed by atoms with E-state index in [1.807, 2.05) is 0 Å². The molecule has 2 heterocycles. The highest BCUT2D eigenvalue weighted by Crippen LogP contribution is 2.35. The number of likely N-dealkylation sites (N-methyl/N-ethyl adjacent to an activating group) is 1. The van der Waals surface area contributed by atoms with Gasteiger partial charge in [0.2, 0.25) is 0 Å². The molecule has 0 radical (unpaired) electrons. The van der Waals surface area contributed by atoms with Gasteiger partial charge in [0, 0.05) is 19.0 Å². The van der Waals surface area contributed by atoms with Crippen LogP contribution in [0.15, 0.2) is 0 Å². The van der Waals surface area contributed by atoms with Gasteiger partial charge in [0.25, 0.3) is 0 Å². The molecule has 3 nitrogen and oxygen atoms in total. The first-order chi connectivity index (χ1) is 6.18. The summed E-state index contributed by atoms with van der Waals surface area (Å²) in [6.07, 6.45) is 4.86. The molecule has 0 amide bonds. The van der Waals surface area contributed by atoms with Crippen LogP contribution in [0.4, 0.5) is 0 Å². The lowest BCUT2D eigenvalue weighted by molar-refractivity contribution is -0.151. The number of piperidine rings is 1. The van der Waals surface area contributed by atoms with Crippen LogP contribution in [-0.4, -0.2) is 36.1 Å². The number of rotatable bonds is 1. The van der Waals surface area contributed by atoms with Gasteiger partial charge in [-0.3, -0.25) is 9.69 Å². The van der Waals surface area contributed by atoms with Crippen LogP contribution in [0.25, 0.3) is 0 Å². The lowest BCUT2D eigenvalue weighted by atomic mass is 10.0. The van der Waals surface area contributed by atoms with Crippen molar-refractivity contribution in [2.24, 2.45) is 0 Å². The van der Waals surface area contributed by atoms with Crippen LogP contribution < -0.4 is 0 Å². The number of ether oxygens (including phenoxy) is 1. The molecule has 0 aliphatic carbocycles. The molecular weight excluding hydrogens is 166 g/mol. The fourth-order valence-electron chi connectivity index (χ4n) is 2.74. The molecule has 0 spiro atoms. The fraction of sp³-hybridized carbons (Fsp3) is 0.900. The van der Waals surface area contributed by atoms with Crippen molar-refractivity contribution in [2.75, 3.05) is 7.05 Å². The van der Waals surface area contributed by atoms with Gasteiger partial charge in [-0.1, -0.05) is 0 Å². The summed E-state index contributed by atoms with van der Waals surface area (Å²) in [5.74, 6) is -0.135. The Bertz CT molecular complexity index is 217. The first kappa shape index (κ1) is 9.00. The molecule has 0 N–H and O–H groups in total. The minimum Gasteiger partial charge on any atom is -0.461 e. The van der Waals surface area contributed by atoms with Gasteiger partial charge >= 0.3 is 5.97 Å². The Hall–Kier alpha value is -0.570. The van der Waals surface area contributed by atoms with E-state index in [1.54, 1.807) is 0 Å². The molecule has 2 aliphatic rings. The van der Waals surface area contributed by atoms with Crippen molar-refractivity contribution in [2.45, 2.75) is 50.8 Å². The Kier molecular flexibility index (Phi) is 2.28. The summed E-state index contributed by atoms with van der Waals surface area (Å²) in [6, 6.07) is 1.24. The van der Waals surface area contributed by atoms with E-state index in [-0.39, 0.29) is 12.1 Å². The molecule has 2 fully saturated rings. The smallest absolute Gasteiger partial charge is 0.302 e. The van der Waals surface area contributed by atoms with Gasteiger partial charge in [-0.05, 0) is 32.7 Å². The molecule has 0 aromatic heterocycles. The Morgan fingerprint density at radius 1 is 1.31 bits per heavy atom. The zero-order valence-electron chi connectivity index (χ0n) is 8.32. The zero-order chi connectivity index (χ0) is 9.42. The van der Waals surface area contributed by atoms with Crippen LogP contribution in [0.3, 0.4) is 0 Å². The Morgan fingerprint density at radius 2 is 2.00 bits per heavy atom. The molecule has 74 valence electrons. The largest absolute Gasteiger partial charge is 0.461 e. The zero-order valence-corrected chi connectivity index (χ0v) is 8.32. The number of hydrogen-bond donors (Lipinski definition) is 0. The maximum atomic E-state index is 10.9. The summed E-state index contributed by atoms with van der Waals surface area (Å²) in [7, 11) is 2.15. The lowest BCUT2D eigenvalue weighted by Crippen LogP contribution is -2.46. The molecule has 3 heteroatoms. The first-order valence-corrected chi connectivity index (χ1v) is 5.07. The normalized spacial score (nSPS) is 39.1. The van der Waals surface area contributed by atoms with Crippen molar-refractivity contribution in [3.8, 4) is 0 Å². The second-order valence-corrected chi connectivity index (χ2v) is 4.19. The second kappa shape index (κ2) is 3.29. The standard InChI is InChI=1S/C10H17NO2/c1-7(12)13-10-6-4-8-3-5-9(10)11(8)2/h8-10H,3-6H2,1-2H3/t8-,9+,10-/m1/s1. The molecule has 2 rings (SSSR count). The molecular formula is C10H17NO2. The molecule has 0 aromatic carbocycles. The summed E-state index contributed by atoms with van der Waals surface area (Å²) in [5, 5.41) is 0. The van der Waals surface area contributed by atoms with Gasteiger partial charge in [0.05, 0.1) is 0 Å². The predicted molar refractivity (Wildman–Crippen MR) is 49.4 cm³/mol. The van der Waals surface area contributed by atoms with Crippen LogP contribution in [0.1, 0.15) is 32.6 Å². The summed E-state index contributed by atoms with van der Waals surface area (Å²) >= 11 is 0. The number of hydrogen-bond acceptors (Lipinski definition) is 3. The van der Waals surface area contributed by atoms with Crippen molar-refractivity contribution in [3.63, 3.8) is 0 Å². The number of fused-ring (bicyclic) bond motifs is 2. The molecule has 0 aromatic rings. The second-order valence-electron chi connectivity index (χ2n) is 4.19. The van der Waals surface area contributed by atoms with Crippen molar-refractivity contribution >= 4 is 5.97 Å². The minimum absolute atomic E-state index is 0.135. The third kappa shape index (κ3) is 1.57. The van der Waals surface area contributed by atoms with E-state index in [2.05, 4.69) is 11.9 Å². The molecule has 0 unspecified atom stereocenters. The summed E-state index contributed by atoms with van der Waals surface area (Å²) < 4.78 is 5.31. The average Bonchev–Trinajstić information content (AvgIpc) is 2.31. The van der Waals surface area contributed by atoms with Crippen LogP contribution in [0, 0.1) is 0 Å². The summed E-state index contributed by atoms with van der Waals surface area (Å²) in [4.78, 5) is 13.2. The van der Waals surface area contributed by atoms with Crippen molar-refractivity contribution in [1.29, 1.82) is 0 Å². The highest BCUT2D eigenvalue weighted by atomic mass is 16.5. The topological polar surface area (TPSA) is 29.5 Å². The molecule has 2 aliphatic heterocycles. The summed E-state index contributed by atoms with van der Waals surface area (Å²) in [6.45, 7) is 1.50. The van der Waals surface area contributed by atoms with E-state index in [9.17, 15) is 4.79 Å². The van der Waals surface area contributed by atoms with Crippen molar-refractivity contribution in [3.05, 3.63) is 0 Å². The number of esters is 1. The lowest BCUT2D eigenvalue weighted by Gasteiger charge is -2.36. The van der Waals surface area contributed by atoms with E-state index < -0.39 is 0 Å². The van der Waals surface area contributed by atoms with E-state index in [1.165, 1.54) is 26.2 Å². The third-order valence-electron chi connectivity index (χ3n) is 3.43. The van der Waals surface area contributed by atoms with E-state index in [4.69, 9.17) is 4.74 Å². The van der Waals surface area contributed by atoms with Crippen LogP contribution >= 0.6 is 0 Å². The van der Waals surface area contributed by atoms with E-state index in [0.29, 0.717) is 6.04 Å². The van der Waals surface area contributed by atoms with Gasteiger partial charge in [-0.15, -0.1) is 0 Å². The van der Waals surface area contributed by atoms with E-state index in [0.717, 1.165) is 12.5 Å². The molecule has 3 atom stereocenters. The van der Waals surface area contributed by atoms with Gasteiger partial charge < -0.3 is 4.74 Å². The Labute approximate surface area is 79.0 Å². The molecule has 2 saturated heterocycles. The first-order valence-electron chi connectivity index (χ1n) is 5.07. The van der Waals surface area contributed by atoms with Crippen LogP contribution in [0.5, 0.6) is 0 Å². The predicted octanol–water partition coefficient (Wildman–Crippen LogP) is 1.17. The van der Waals surface area contributed by atoms with Crippen LogP contribution in [-0.2, 0) is 9.53 Å². The Morgan fingerprint density at radius 3 is 2.69 bits per heavy atom. The van der Waals surface area contributed by atoms with Crippen molar-refractivity contribution < 1.29 is 9.53 Å². The fourth-order valence-corrected chi connectivity index (χ4v) is 2.74. The minimum atomic E-state index is -0.135.